The van der Waals surface area contributed by atoms with Gasteiger partial charge in [0.1, 0.15) is 11.5 Å². The SMILES string of the molecule is Cc1nc2ccccc2c(=O)n1/N=C(\N=Nc1ccccc1Cl)c1ccccc1. The molecule has 0 N–H and O–H groups in total. The summed E-state index contributed by atoms with van der Waals surface area (Å²) >= 11 is 6.17. The molecule has 0 unspecified atom stereocenters. The Balaban J connectivity index is 1.88. The maximum Gasteiger partial charge on any atom is 0.282 e. The highest BCUT2D eigenvalue weighted by atomic mass is 35.5. The monoisotopic (exact) mass is 401 g/mol. The summed E-state index contributed by atoms with van der Waals surface area (Å²) in [6.07, 6.45) is 0. The van der Waals surface area contributed by atoms with Crippen LogP contribution in [0.5, 0.6) is 0 Å². The van der Waals surface area contributed by atoms with E-state index in [-0.39, 0.29) is 11.4 Å². The van der Waals surface area contributed by atoms with E-state index in [4.69, 9.17) is 11.6 Å². The van der Waals surface area contributed by atoms with Gasteiger partial charge >= 0.3 is 0 Å². The zero-order chi connectivity index (χ0) is 20.2. The molecule has 7 heteroatoms. The molecule has 0 aliphatic heterocycles. The number of para-hydroxylation sites is 1. The Kier molecular flexibility index (Phi) is 5.27. The highest BCUT2D eigenvalue weighted by Crippen LogP contribution is 2.24. The number of nitrogens with zero attached hydrogens (tertiary/aromatic N) is 5. The molecule has 142 valence electrons. The van der Waals surface area contributed by atoms with Gasteiger partial charge in [0.05, 0.1) is 15.9 Å². The van der Waals surface area contributed by atoms with Crippen LogP contribution in [0.2, 0.25) is 5.02 Å². The minimum atomic E-state index is -0.269. The quantitative estimate of drug-likeness (QED) is 0.263. The number of hydrogen-bond acceptors (Lipinski definition) is 4. The van der Waals surface area contributed by atoms with Crippen LogP contribution in [0, 0.1) is 6.92 Å². The summed E-state index contributed by atoms with van der Waals surface area (Å²) in [5.74, 6) is 0.725. The molecule has 0 aliphatic rings. The molecular weight excluding hydrogens is 386 g/mol. The first-order valence-corrected chi connectivity index (χ1v) is 9.30. The van der Waals surface area contributed by atoms with Crippen LogP contribution in [-0.4, -0.2) is 15.5 Å². The number of aromatic nitrogens is 2. The Hall–Kier alpha value is -3.64. The lowest BCUT2D eigenvalue weighted by Gasteiger charge is -2.07. The second kappa shape index (κ2) is 8.16. The zero-order valence-corrected chi connectivity index (χ0v) is 16.3. The largest absolute Gasteiger partial charge is 0.282 e. The van der Waals surface area contributed by atoms with Crippen LogP contribution in [0.25, 0.3) is 10.9 Å². The van der Waals surface area contributed by atoms with Crippen LogP contribution >= 0.6 is 11.6 Å². The van der Waals surface area contributed by atoms with Gasteiger partial charge in [0.15, 0.2) is 0 Å². The highest BCUT2D eigenvalue weighted by molar-refractivity contribution is 6.32. The first-order chi connectivity index (χ1) is 14.1. The number of halogens is 1. The first-order valence-electron chi connectivity index (χ1n) is 8.92. The molecule has 0 spiro atoms. The number of fused-ring (bicyclic) bond motifs is 1. The van der Waals surface area contributed by atoms with E-state index in [1.165, 1.54) is 4.68 Å². The fourth-order valence-corrected chi connectivity index (χ4v) is 2.98. The number of aryl methyl sites for hydroxylation is 1. The lowest BCUT2D eigenvalue weighted by atomic mass is 10.2. The fourth-order valence-electron chi connectivity index (χ4n) is 2.80. The molecule has 4 rings (SSSR count). The van der Waals surface area contributed by atoms with Gasteiger partial charge in [-0.05, 0) is 31.2 Å². The summed E-state index contributed by atoms with van der Waals surface area (Å²) in [4.78, 5) is 17.4. The predicted octanol–water partition coefficient (Wildman–Crippen LogP) is 5.35. The molecular formula is C22H16ClN5O. The Morgan fingerprint density at radius 3 is 2.41 bits per heavy atom. The minimum absolute atomic E-state index is 0.269. The van der Waals surface area contributed by atoms with Crippen LogP contribution in [0.1, 0.15) is 11.4 Å². The third-order valence-electron chi connectivity index (χ3n) is 4.25. The van der Waals surface area contributed by atoms with E-state index in [9.17, 15) is 4.79 Å². The van der Waals surface area contributed by atoms with Crippen LogP contribution in [0.15, 0.2) is 99.0 Å². The molecule has 0 saturated heterocycles. The molecule has 4 aromatic rings. The molecule has 0 bridgehead atoms. The van der Waals surface area contributed by atoms with Gasteiger partial charge in [-0.2, -0.15) is 4.68 Å². The van der Waals surface area contributed by atoms with Crippen molar-refractivity contribution in [2.75, 3.05) is 0 Å². The molecule has 1 aromatic heterocycles. The van der Waals surface area contributed by atoms with Gasteiger partial charge in [-0.25, -0.2) is 4.98 Å². The predicted molar refractivity (Wildman–Crippen MR) is 115 cm³/mol. The molecule has 3 aromatic carbocycles. The lowest BCUT2D eigenvalue weighted by molar-refractivity contribution is 0.764. The summed E-state index contributed by atoms with van der Waals surface area (Å²) in [5.41, 5.74) is 1.58. The van der Waals surface area contributed by atoms with Crippen LogP contribution in [-0.2, 0) is 0 Å². The van der Waals surface area contributed by atoms with Gasteiger partial charge in [0, 0.05) is 5.56 Å². The second-order valence-electron chi connectivity index (χ2n) is 6.23. The topological polar surface area (TPSA) is 72.0 Å². The first kappa shape index (κ1) is 18.7. The van der Waals surface area contributed by atoms with Crippen LogP contribution < -0.4 is 5.56 Å². The van der Waals surface area contributed by atoms with E-state index in [1.807, 2.05) is 48.5 Å². The van der Waals surface area contributed by atoms with E-state index in [0.29, 0.717) is 33.0 Å². The molecule has 29 heavy (non-hydrogen) atoms. The molecule has 0 saturated carbocycles. The number of amidine groups is 1. The standard InChI is InChI=1S/C22H16ClN5O/c1-15-24-19-13-7-5-11-17(19)22(29)28(15)27-21(16-9-3-2-4-10-16)26-25-20-14-8-6-12-18(20)23/h2-14H,1H3/b26-25?,27-21-. The molecule has 0 fully saturated rings. The lowest BCUT2D eigenvalue weighted by Crippen LogP contribution is -2.22. The minimum Gasteiger partial charge on any atom is -0.267 e. The highest BCUT2D eigenvalue weighted by Gasteiger charge is 2.10. The number of benzene rings is 3. The summed E-state index contributed by atoms with van der Waals surface area (Å²) in [6, 6.07) is 23.6. The molecule has 0 atom stereocenters. The van der Waals surface area contributed by atoms with E-state index in [2.05, 4.69) is 20.3 Å². The summed E-state index contributed by atoms with van der Waals surface area (Å²) < 4.78 is 1.25. The van der Waals surface area contributed by atoms with Gasteiger partial charge in [-0.15, -0.1) is 15.3 Å². The molecule has 0 aliphatic carbocycles. The summed E-state index contributed by atoms with van der Waals surface area (Å²) in [7, 11) is 0. The van der Waals surface area contributed by atoms with Crippen molar-refractivity contribution in [2.24, 2.45) is 15.3 Å². The van der Waals surface area contributed by atoms with Crippen molar-refractivity contribution in [1.29, 1.82) is 0 Å². The Morgan fingerprint density at radius 1 is 0.931 bits per heavy atom. The Morgan fingerprint density at radius 2 is 1.62 bits per heavy atom. The molecule has 1 heterocycles. The smallest absolute Gasteiger partial charge is 0.267 e. The number of hydrogen-bond donors (Lipinski definition) is 0. The van der Waals surface area contributed by atoms with Crippen molar-refractivity contribution in [1.82, 2.24) is 9.66 Å². The normalized spacial score (nSPS) is 12.0. The third-order valence-corrected chi connectivity index (χ3v) is 4.57. The van der Waals surface area contributed by atoms with Crippen LogP contribution in [0.3, 0.4) is 0 Å². The Labute approximate surface area is 171 Å². The summed E-state index contributed by atoms with van der Waals surface area (Å²) in [5, 5.41) is 13.9. The van der Waals surface area contributed by atoms with Gasteiger partial charge in [-0.3, -0.25) is 4.79 Å². The van der Waals surface area contributed by atoms with Gasteiger partial charge in [0.25, 0.3) is 5.56 Å². The van der Waals surface area contributed by atoms with E-state index >= 15 is 0 Å². The maximum atomic E-state index is 13.0. The van der Waals surface area contributed by atoms with Crippen molar-refractivity contribution < 1.29 is 0 Å². The van der Waals surface area contributed by atoms with Gasteiger partial charge in [0.2, 0.25) is 5.84 Å². The van der Waals surface area contributed by atoms with Crippen molar-refractivity contribution in [3.8, 4) is 0 Å². The van der Waals surface area contributed by atoms with Crippen molar-refractivity contribution >= 4 is 34.0 Å². The number of rotatable bonds is 3. The molecule has 0 amide bonds. The van der Waals surface area contributed by atoms with E-state index in [0.717, 1.165) is 0 Å². The van der Waals surface area contributed by atoms with Gasteiger partial charge in [-0.1, -0.05) is 66.2 Å². The number of azo groups is 1. The Bertz CT molecular complexity index is 1300. The average molecular weight is 402 g/mol. The molecule has 0 radical (unpaired) electrons. The maximum absolute atomic E-state index is 13.0. The molecule has 6 nitrogen and oxygen atoms in total. The third kappa shape index (κ3) is 3.97. The summed E-state index contributed by atoms with van der Waals surface area (Å²) in [6.45, 7) is 1.73. The average Bonchev–Trinajstić information content (AvgIpc) is 2.75. The van der Waals surface area contributed by atoms with E-state index < -0.39 is 0 Å². The van der Waals surface area contributed by atoms with Crippen molar-refractivity contribution in [3.63, 3.8) is 0 Å². The van der Waals surface area contributed by atoms with Crippen molar-refractivity contribution in [2.45, 2.75) is 6.92 Å². The fraction of sp³-hybridized carbons (Fsp3) is 0.0455. The van der Waals surface area contributed by atoms with Gasteiger partial charge < -0.3 is 0 Å². The zero-order valence-electron chi connectivity index (χ0n) is 15.5. The van der Waals surface area contributed by atoms with Crippen molar-refractivity contribution in [3.05, 3.63) is 106 Å². The second-order valence-corrected chi connectivity index (χ2v) is 6.64. The van der Waals surface area contributed by atoms with E-state index in [1.54, 1.807) is 37.3 Å². The van der Waals surface area contributed by atoms with Crippen LogP contribution in [0.4, 0.5) is 5.69 Å².